The van der Waals surface area contributed by atoms with E-state index < -0.39 is 0 Å². The van der Waals surface area contributed by atoms with E-state index in [1.807, 2.05) is 31.2 Å². The monoisotopic (exact) mass is 292 g/mol. The molecule has 0 aromatic heterocycles. The molecule has 1 saturated heterocycles. The van der Waals surface area contributed by atoms with Crippen LogP contribution >= 0.6 is 0 Å². The average molecular weight is 292 g/mol. The zero-order valence-corrected chi connectivity index (χ0v) is 12.6. The van der Waals surface area contributed by atoms with Crippen molar-refractivity contribution in [1.29, 1.82) is 0 Å². The van der Waals surface area contributed by atoms with Gasteiger partial charge in [0, 0.05) is 38.3 Å². The molecular formula is C16H24N2O3. The Labute approximate surface area is 126 Å². The van der Waals surface area contributed by atoms with E-state index in [1.54, 1.807) is 4.90 Å². The van der Waals surface area contributed by atoms with Crippen LogP contribution in [-0.2, 0) is 4.74 Å². The van der Waals surface area contributed by atoms with Crippen LogP contribution in [0.2, 0.25) is 0 Å². The van der Waals surface area contributed by atoms with Gasteiger partial charge in [0.15, 0.2) is 0 Å². The van der Waals surface area contributed by atoms with Gasteiger partial charge in [-0.1, -0.05) is 18.2 Å². The van der Waals surface area contributed by atoms with Crippen molar-refractivity contribution < 1.29 is 14.6 Å². The zero-order valence-electron chi connectivity index (χ0n) is 12.6. The summed E-state index contributed by atoms with van der Waals surface area (Å²) in [5.74, 6) is -0.00425. The van der Waals surface area contributed by atoms with Crippen LogP contribution in [0.15, 0.2) is 24.3 Å². The standard InChI is InChI=1S/C16H24N2O3/c1-14-4-2-3-5-15(14)16(20)18(8-11-19)7-6-17-9-12-21-13-10-17/h2-5,19H,6-13H2,1H3. The van der Waals surface area contributed by atoms with Crippen molar-refractivity contribution in [2.24, 2.45) is 0 Å². The van der Waals surface area contributed by atoms with Crippen molar-refractivity contribution in [3.8, 4) is 0 Å². The summed E-state index contributed by atoms with van der Waals surface area (Å²) in [4.78, 5) is 16.6. The molecule has 0 unspecified atom stereocenters. The van der Waals surface area contributed by atoms with Crippen LogP contribution in [0.4, 0.5) is 0 Å². The van der Waals surface area contributed by atoms with Gasteiger partial charge in [-0.15, -0.1) is 0 Å². The number of aryl methyl sites for hydroxylation is 1. The van der Waals surface area contributed by atoms with Crippen molar-refractivity contribution in [3.63, 3.8) is 0 Å². The lowest BCUT2D eigenvalue weighted by atomic mass is 10.1. The fraction of sp³-hybridized carbons (Fsp3) is 0.562. The topological polar surface area (TPSA) is 53.0 Å². The Morgan fingerprint density at radius 1 is 1.29 bits per heavy atom. The highest BCUT2D eigenvalue weighted by molar-refractivity contribution is 5.95. The molecule has 1 aromatic carbocycles. The molecule has 1 aromatic rings. The predicted octanol–water partition coefficient (Wildman–Crippen LogP) is 0.762. The van der Waals surface area contributed by atoms with Gasteiger partial charge in [-0.3, -0.25) is 9.69 Å². The molecule has 5 heteroatoms. The van der Waals surface area contributed by atoms with Crippen LogP contribution < -0.4 is 0 Å². The molecule has 2 rings (SSSR count). The highest BCUT2D eigenvalue weighted by atomic mass is 16.5. The molecule has 5 nitrogen and oxygen atoms in total. The number of aliphatic hydroxyl groups is 1. The molecule has 0 bridgehead atoms. The summed E-state index contributed by atoms with van der Waals surface area (Å²) in [6.45, 7) is 7.08. The van der Waals surface area contributed by atoms with Gasteiger partial charge < -0.3 is 14.7 Å². The minimum atomic E-state index is -0.0132. The van der Waals surface area contributed by atoms with E-state index in [9.17, 15) is 9.90 Å². The Bertz CT molecular complexity index is 459. The number of ether oxygens (including phenoxy) is 1. The number of amides is 1. The van der Waals surface area contributed by atoms with Gasteiger partial charge in [0.05, 0.1) is 19.8 Å². The third kappa shape index (κ3) is 4.52. The Balaban J connectivity index is 1.97. The molecule has 1 heterocycles. The summed E-state index contributed by atoms with van der Waals surface area (Å²) in [6.07, 6.45) is 0. The van der Waals surface area contributed by atoms with E-state index in [-0.39, 0.29) is 12.5 Å². The Kier molecular flexibility index (Phi) is 6.17. The van der Waals surface area contributed by atoms with Gasteiger partial charge in [-0.2, -0.15) is 0 Å². The number of morpholine rings is 1. The molecular weight excluding hydrogens is 268 g/mol. The Morgan fingerprint density at radius 3 is 2.67 bits per heavy atom. The lowest BCUT2D eigenvalue weighted by Crippen LogP contribution is -2.44. The molecule has 0 radical (unpaired) electrons. The van der Waals surface area contributed by atoms with Crippen molar-refractivity contribution in [2.45, 2.75) is 6.92 Å². The summed E-state index contributed by atoms with van der Waals surface area (Å²) in [7, 11) is 0. The molecule has 0 aliphatic carbocycles. The Morgan fingerprint density at radius 2 is 2.00 bits per heavy atom. The van der Waals surface area contributed by atoms with E-state index in [4.69, 9.17) is 4.74 Å². The van der Waals surface area contributed by atoms with Gasteiger partial charge in [-0.25, -0.2) is 0 Å². The van der Waals surface area contributed by atoms with Crippen molar-refractivity contribution >= 4 is 5.91 Å². The first-order chi connectivity index (χ1) is 10.2. The van der Waals surface area contributed by atoms with Crippen LogP contribution in [0.3, 0.4) is 0 Å². The summed E-state index contributed by atoms with van der Waals surface area (Å²) >= 11 is 0. The van der Waals surface area contributed by atoms with Crippen molar-refractivity contribution in [1.82, 2.24) is 9.80 Å². The van der Waals surface area contributed by atoms with E-state index in [2.05, 4.69) is 4.90 Å². The first-order valence-corrected chi connectivity index (χ1v) is 7.48. The molecule has 0 saturated carbocycles. The summed E-state index contributed by atoms with van der Waals surface area (Å²) < 4.78 is 5.32. The maximum absolute atomic E-state index is 12.6. The predicted molar refractivity (Wildman–Crippen MR) is 81.4 cm³/mol. The lowest BCUT2D eigenvalue weighted by molar-refractivity contribution is 0.0315. The number of benzene rings is 1. The van der Waals surface area contributed by atoms with E-state index in [0.29, 0.717) is 18.7 Å². The normalized spacial score (nSPS) is 15.9. The van der Waals surface area contributed by atoms with Crippen LogP contribution in [0.1, 0.15) is 15.9 Å². The fourth-order valence-corrected chi connectivity index (χ4v) is 2.51. The number of carbonyl (C=O) groups is 1. The van der Waals surface area contributed by atoms with Crippen LogP contribution in [-0.4, -0.2) is 73.4 Å². The molecule has 116 valence electrons. The summed E-state index contributed by atoms with van der Waals surface area (Å²) in [5, 5.41) is 9.21. The maximum Gasteiger partial charge on any atom is 0.254 e. The smallest absolute Gasteiger partial charge is 0.254 e. The summed E-state index contributed by atoms with van der Waals surface area (Å²) in [5.41, 5.74) is 1.68. The number of nitrogens with zero attached hydrogens (tertiary/aromatic N) is 2. The van der Waals surface area contributed by atoms with E-state index in [1.165, 1.54) is 0 Å². The van der Waals surface area contributed by atoms with Gasteiger partial charge in [0.2, 0.25) is 0 Å². The SMILES string of the molecule is Cc1ccccc1C(=O)N(CCO)CCN1CCOCC1. The highest BCUT2D eigenvalue weighted by Gasteiger charge is 2.18. The fourth-order valence-electron chi connectivity index (χ4n) is 2.51. The largest absolute Gasteiger partial charge is 0.395 e. The molecule has 1 N–H and O–H groups in total. The number of rotatable bonds is 6. The first-order valence-electron chi connectivity index (χ1n) is 7.48. The zero-order chi connectivity index (χ0) is 15.1. The minimum absolute atomic E-state index is 0.00425. The molecule has 0 atom stereocenters. The molecule has 21 heavy (non-hydrogen) atoms. The lowest BCUT2D eigenvalue weighted by Gasteiger charge is -2.30. The van der Waals surface area contributed by atoms with E-state index in [0.717, 1.165) is 38.4 Å². The second-order valence-corrected chi connectivity index (χ2v) is 5.28. The second kappa shape index (κ2) is 8.12. The summed E-state index contributed by atoms with van der Waals surface area (Å²) in [6, 6.07) is 7.58. The number of carbonyl (C=O) groups excluding carboxylic acids is 1. The van der Waals surface area contributed by atoms with Crippen molar-refractivity contribution in [3.05, 3.63) is 35.4 Å². The van der Waals surface area contributed by atoms with Gasteiger partial charge in [0.1, 0.15) is 0 Å². The quantitative estimate of drug-likeness (QED) is 0.841. The van der Waals surface area contributed by atoms with E-state index >= 15 is 0 Å². The maximum atomic E-state index is 12.6. The number of aliphatic hydroxyl groups excluding tert-OH is 1. The molecule has 1 aliphatic rings. The third-order valence-electron chi connectivity index (χ3n) is 3.82. The average Bonchev–Trinajstić information content (AvgIpc) is 2.52. The third-order valence-corrected chi connectivity index (χ3v) is 3.82. The van der Waals surface area contributed by atoms with Crippen LogP contribution in [0, 0.1) is 6.92 Å². The number of hydrogen-bond donors (Lipinski definition) is 1. The number of hydrogen-bond acceptors (Lipinski definition) is 4. The second-order valence-electron chi connectivity index (χ2n) is 5.28. The molecule has 1 amide bonds. The minimum Gasteiger partial charge on any atom is -0.395 e. The highest BCUT2D eigenvalue weighted by Crippen LogP contribution is 2.11. The van der Waals surface area contributed by atoms with Crippen LogP contribution in [0.25, 0.3) is 0 Å². The van der Waals surface area contributed by atoms with Crippen molar-refractivity contribution in [2.75, 3.05) is 52.5 Å². The molecule has 1 aliphatic heterocycles. The molecule has 0 spiro atoms. The van der Waals surface area contributed by atoms with Crippen LogP contribution in [0.5, 0.6) is 0 Å². The van der Waals surface area contributed by atoms with Gasteiger partial charge >= 0.3 is 0 Å². The Hall–Kier alpha value is -1.43. The van der Waals surface area contributed by atoms with Gasteiger partial charge in [0.25, 0.3) is 5.91 Å². The molecule has 1 fully saturated rings. The first kappa shape index (κ1) is 15.9. The van der Waals surface area contributed by atoms with Gasteiger partial charge in [-0.05, 0) is 18.6 Å².